The van der Waals surface area contributed by atoms with Crippen molar-refractivity contribution in [3.8, 4) is 11.3 Å². The summed E-state index contributed by atoms with van der Waals surface area (Å²) in [5.74, 6) is -0.135. The summed E-state index contributed by atoms with van der Waals surface area (Å²) in [4.78, 5) is 19.4. The summed E-state index contributed by atoms with van der Waals surface area (Å²) in [6, 6.07) is 11.6. The summed E-state index contributed by atoms with van der Waals surface area (Å²) < 4.78 is 6.73. The van der Waals surface area contributed by atoms with Crippen LogP contribution in [0.4, 0.5) is 11.6 Å². The van der Waals surface area contributed by atoms with Crippen LogP contribution in [0.15, 0.2) is 74.7 Å². The lowest BCUT2D eigenvalue weighted by molar-refractivity contribution is -0.402. The maximum atomic E-state index is 10.8. The maximum Gasteiger partial charge on any atom is 0.433 e. The maximum absolute atomic E-state index is 10.8. The van der Waals surface area contributed by atoms with Gasteiger partial charge in [0.25, 0.3) is 0 Å². The molecule has 30 heavy (non-hydrogen) atoms. The van der Waals surface area contributed by atoms with Gasteiger partial charge in [0.1, 0.15) is 4.92 Å². The first kappa shape index (κ1) is 20.0. The molecule has 0 aliphatic carbocycles. The molecule has 0 saturated carbocycles. The summed E-state index contributed by atoms with van der Waals surface area (Å²) in [7, 11) is 0. The number of hydrogen-bond donors (Lipinski definition) is 0. The molecule has 0 N–H and O–H groups in total. The van der Waals surface area contributed by atoms with Gasteiger partial charge in [-0.2, -0.15) is 5.10 Å². The average molecular weight is 460 g/mol. The number of nitrogens with zero attached hydrogens (tertiary/aromatic N) is 5. The predicted molar refractivity (Wildman–Crippen MR) is 116 cm³/mol. The van der Waals surface area contributed by atoms with Crippen molar-refractivity contribution in [2.75, 3.05) is 0 Å². The van der Waals surface area contributed by atoms with Gasteiger partial charge in [-0.3, -0.25) is 15.1 Å². The van der Waals surface area contributed by atoms with Crippen LogP contribution in [0.3, 0.4) is 0 Å². The Morgan fingerprint density at radius 2 is 2.07 bits per heavy atom. The highest BCUT2D eigenvalue weighted by atomic mass is 35.5. The first-order chi connectivity index (χ1) is 14.5. The molecular weight excluding hydrogens is 449 g/mol. The lowest BCUT2D eigenvalue weighted by atomic mass is 10.2. The molecule has 8 nitrogen and oxygen atoms in total. The third-order valence-corrected chi connectivity index (χ3v) is 5.42. The molecule has 0 aliphatic rings. The van der Waals surface area contributed by atoms with Gasteiger partial charge in [0.2, 0.25) is 4.80 Å². The Kier molecular flexibility index (Phi) is 5.75. The molecule has 3 heterocycles. The molecule has 4 aromatic rings. The van der Waals surface area contributed by atoms with Gasteiger partial charge in [0.05, 0.1) is 39.9 Å². The Balaban J connectivity index is 1.82. The van der Waals surface area contributed by atoms with E-state index in [0.717, 1.165) is 5.56 Å². The fraction of sp³-hybridized carbons (Fsp3) is 0. The van der Waals surface area contributed by atoms with Crippen LogP contribution in [0.1, 0.15) is 5.76 Å². The van der Waals surface area contributed by atoms with Crippen LogP contribution < -0.4 is 4.80 Å². The lowest BCUT2D eigenvalue weighted by Gasteiger charge is -2.05. The van der Waals surface area contributed by atoms with Crippen molar-refractivity contribution in [1.82, 2.24) is 9.66 Å². The Hall–Kier alpha value is -3.27. The van der Waals surface area contributed by atoms with Crippen molar-refractivity contribution in [2.24, 2.45) is 10.1 Å². The van der Waals surface area contributed by atoms with Crippen molar-refractivity contribution in [3.05, 3.63) is 91.0 Å². The smallest absolute Gasteiger partial charge is 0.400 e. The normalized spacial score (nSPS) is 12.0. The van der Waals surface area contributed by atoms with Gasteiger partial charge in [0.15, 0.2) is 5.76 Å². The van der Waals surface area contributed by atoms with E-state index in [1.165, 1.54) is 29.7 Å². The van der Waals surface area contributed by atoms with E-state index in [1.807, 2.05) is 17.5 Å². The molecule has 0 spiro atoms. The summed E-state index contributed by atoms with van der Waals surface area (Å²) >= 11 is 13.6. The lowest BCUT2D eigenvalue weighted by Crippen LogP contribution is -2.11. The number of rotatable bonds is 5. The number of nitro groups is 1. The van der Waals surface area contributed by atoms with Crippen LogP contribution in [0, 0.1) is 10.1 Å². The third-order valence-electron chi connectivity index (χ3n) is 3.86. The highest BCUT2D eigenvalue weighted by molar-refractivity contribution is 7.07. The van der Waals surface area contributed by atoms with Gasteiger partial charge in [-0.1, -0.05) is 29.3 Å². The summed E-state index contributed by atoms with van der Waals surface area (Å²) in [6.07, 6.45) is 4.66. The monoisotopic (exact) mass is 459 g/mol. The molecule has 3 aromatic heterocycles. The van der Waals surface area contributed by atoms with Crippen LogP contribution in [0.25, 0.3) is 11.3 Å². The average Bonchev–Trinajstić information content (AvgIpc) is 3.37. The molecule has 150 valence electrons. The molecule has 0 aliphatic heterocycles. The molecule has 0 radical (unpaired) electrons. The number of hydrogen-bond acceptors (Lipinski definition) is 7. The van der Waals surface area contributed by atoms with E-state index in [2.05, 4.69) is 15.1 Å². The molecular formula is C19H11Cl2N5O3S. The zero-order valence-corrected chi connectivity index (χ0v) is 17.3. The Labute approximate surface area is 183 Å². The topological polar surface area (TPSA) is 98.8 Å². The number of aromatic nitrogens is 2. The van der Waals surface area contributed by atoms with Crippen molar-refractivity contribution in [2.45, 2.75) is 0 Å². The molecule has 11 heteroatoms. The van der Waals surface area contributed by atoms with Crippen molar-refractivity contribution in [3.63, 3.8) is 0 Å². The minimum atomic E-state index is -0.612. The Bertz CT molecular complexity index is 1310. The van der Waals surface area contributed by atoms with E-state index in [9.17, 15) is 10.1 Å². The van der Waals surface area contributed by atoms with Crippen molar-refractivity contribution >= 4 is 52.3 Å². The second-order valence-electron chi connectivity index (χ2n) is 5.84. The van der Waals surface area contributed by atoms with E-state index in [0.29, 0.717) is 26.2 Å². The van der Waals surface area contributed by atoms with Gasteiger partial charge < -0.3 is 4.42 Å². The van der Waals surface area contributed by atoms with E-state index < -0.39 is 4.92 Å². The molecule has 0 bridgehead atoms. The minimum absolute atomic E-state index is 0.229. The van der Waals surface area contributed by atoms with Gasteiger partial charge >= 0.3 is 5.88 Å². The highest BCUT2D eigenvalue weighted by Crippen LogP contribution is 2.29. The fourth-order valence-corrected chi connectivity index (χ4v) is 3.65. The predicted octanol–water partition coefficient (Wildman–Crippen LogP) is 5.53. The molecule has 1 aromatic carbocycles. The third kappa shape index (κ3) is 4.33. The van der Waals surface area contributed by atoms with Gasteiger partial charge in [-0.05, 0) is 30.3 Å². The zero-order valence-electron chi connectivity index (χ0n) is 15.0. The Morgan fingerprint density at radius 3 is 2.77 bits per heavy atom. The molecule has 0 unspecified atom stereocenters. The van der Waals surface area contributed by atoms with E-state index >= 15 is 0 Å². The molecule has 0 amide bonds. The second kappa shape index (κ2) is 8.62. The number of thiazole rings is 1. The molecule has 0 atom stereocenters. The number of furan rings is 1. The van der Waals surface area contributed by atoms with Crippen LogP contribution in [-0.4, -0.2) is 20.8 Å². The number of halogens is 2. The molecule has 4 rings (SSSR count). The first-order valence-corrected chi connectivity index (χ1v) is 10.0. The first-order valence-electron chi connectivity index (χ1n) is 8.40. The summed E-state index contributed by atoms with van der Waals surface area (Å²) in [5, 5.41) is 18.0. The van der Waals surface area contributed by atoms with Crippen LogP contribution in [0.5, 0.6) is 0 Å². The largest absolute Gasteiger partial charge is 0.433 e. The van der Waals surface area contributed by atoms with Crippen LogP contribution >= 0.6 is 34.5 Å². The minimum Gasteiger partial charge on any atom is -0.400 e. The van der Waals surface area contributed by atoms with Gasteiger partial charge in [0, 0.05) is 17.1 Å². The summed E-state index contributed by atoms with van der Waals surface area (Å²) in [5.41, 5.74) is 2.13. The van der Waals surface area contributed by atoms with E-state index in [1.54, 1.807) is 35.3 Å². The molecule has 0 fully saturated rings. The van der Waals surface area contributed by atoms with E-state index in [-0.39, 0.29) is 11.6 Å². The van der Waals surface area contributed by atoms with Crippen molar-refractivity contribution < 1.29 is 9.34 Å². The second-order valence-corrected chi connectivity index (χ2v) is 7.50. The summed E-state index contributed by atoms with van der Waals surface area (Å²) in [6.45, 7) is 0. The van der Waals surface area contributed by atoms with E-state index in [4.69, 9.17) is 27.6 Å². The van der Waals surface area contributed by atoms with Gasteiger partial charge in [-0.15, -0.1) is 11.3 Å². The van der Waals surface area contributed by atoms with Crippen LogP contribution in [0.2, 0.25) is 10.0 Å². The van der Waals surface area contributed by atoms with Crippen molar-refractivity contribution in [1.29, 1.82) is 0 Å². The number of benzene rings is 1. The quantitative estimate of drug-likeness (QED) is 0.222. The zero-order chi connectivity index (χ0) is 21.1. The van der Waals surface area contributed by atoms with Gasteiger partial charge in [-0.25, -0.2) is 9.67 Å². The number of pyridine rings is 1. The fourth-order valence-electron chi connectivity index (χ4n) is 2.50. The Morgan fingerprint density at radius 1 is 1.20 bits per heavy atom. The SMILES string of the molecule is O=[N+]([O-])c1ccc(C=Nn2c(-c3ccc(Cl)c(Cl)c3)csc2=Nc2cccnc2)o1. The standard InChI is InChI=1S/C19H11Cl2N5O3S/c20-15-5-3-12(8-16(15)21)17-11-30-19(24-13-2-1-7-22-9-13)25(17)23-10-14-4-6-18(29-14)26(27)28/h1-11H. The molecule has 0 saturated heterocycles. The van der Waals surface area contributed by atoms with Crippen LogP contribution in [-0.2, 0) is 0 Å². The highest BCUT2D eigenvalue weighted by Gasteiger charge is 2.12.